The van der Waals surface area contributed by atoms with Crippen LogP contribution in [0.5, 0.6) is 0 Å². The first kappa shape index (κ1) is 17.5. The van der Waals surface area contributed by atoms with Crippen molar-refractivity contribution >= 4 is 17.9 Å². The topological polar surface area (TPSA) is 56.7 Å². The van der Waals surface area contributed by atoms with E-state index in [1.165, 1.54) is 11.1 Å². The molecular weight excluding hydrogens is 312 g/mol. The summed E-state index contributed by atoms with van der Waals surface area (Å²) in [5, 5.41) is 6.30. The minimum atomic E-state index is 0.0274. The molecule has 1 saturated heterocycles. The van der Waals surface area contributed by atoms with Gasteiger partial charge in [0.2, 0.25) is 5.91 Å². The quantitative estimate of drug-likeness (QED) is 0.639. The standard InChI is InChI=1S/C20H28N4O/c1-2-21-20(22-15-19(25)23-18-8-9-18)24-12-10-17(11-13-24)14-16-6-4-3-5-7-16/h3-7,14,18H,2,8-13,15H2,1H3,(H,21,22)(H,23,25). The maximum atomic E-state index is 11.9. The van der Waals surface area contributed by atoms with Gasteiger partial charge in [0.25, 0.3) is 0 Å². The zero-order valence-electron chi connectivity index (χ0n) is 15.0. The molecule has 5 heteroatoms. The lowest BCUT2D eigenvalue weighted by atomic mass is 10.0. The first-order valence-electron chi connectivity index (χ1n) is 9.31. The molecule has 0 radical (unpaired) electrons. The molecule has 1 heterocycles. The average molecular weight is 340 g/mol. The molecule has 0 unspecified atom stereocenters. The summed E-state index contributed by atoms with van der Waals surface area (Å²) >= 11 is 0. The molecule has 25 heavy (non-hydrogen) atoms. The first-order chi connectivity index (χ1) is 12.2. The molecule has 3 rings (SSSR count). The van der Waals surface area contributed by atoms with Crippen LogP contribution >= 0.6 is 0 Å². The normalized spacial score (nSPS) is 18.0. The zero-order valence-corrected chi connectivity index (χ0v) is 15.0. The highest BCUT2D eigenvalue weighted by atomic mass is 16.2. The average Bonchev–Trinajstić information content (AvgIpc) is 3.44. The Labute approximate surface area is 150 Å². The predicted octanol–water partition coefficient (Wildman–Crippen LogP) is 2.41. The SMILES string of the molecule is CCNC(=NCC(=O)NC1CC1)N1CCC(=Cc2ccccc2)CC1. The van der Waals surface area contributed by atoms with Crippen LogP contribution < -0.4 is 10.6 Å². The Kier molecular flexibility index (Phi) is 6.09. The highest BCUT2D eigenvalue weighted by Crippen LogP contribution is 2.20. The molecule has 2 aliphatic rings. The fourth-order valence-electron chi connectivity index (χ4n) is 3.01. The molecule has 1 saturated carbocycles. The zero-order chi connectivity index (χ0) is 17.5. The Balaban J connectivity index is 1.54. The van der Waals surface area contributed by atoms with E-state index in [0.717, 1.165) is 51.3 Å². The number of hydrogen-bond acceptors (Lipinski definition) is 2. The van der Waals surface area contributed by atoms with E-state index in [1.807, 2.05) is 6.07 Å². The van der Waals surface area contributed by atoms with Crippen LogP contribution in [0, 0.1) is 0 Å². The minimum Gasteiger partial charge on any atom is -0.357 e. The van der Waals surface area contributed by atoms with Crippen LogP contribution in [0.4, 0.5) is 0 Å². The number of aliphatic imine (C=N–C) groups is 1. The summed E-state index contributed by atoms with van der Waals surface area (Å²) in [6, 6.07) is 10.9. The van der Waals surface area contributed by atoms with Crippen molar-refractivity contribution in [1.29, 1.82) is 0 Å². The second kappa shape index (κ2) is 8.70. The molecule has 5 nitrogen and oxygen atoms in total. The number of hydrogen-bond donors (Lipinski definition) is 2. The van der Waals surface area contributed by atoms with Crippen molar-refractivity contribution in [3.05, 3.63) is 41.5 Å². The first-order valence-corrected chi connectivity index (χ1v) is 9.31. The van der Waals surface area contributed by atoms with Gasteiger partial charge >= 0.3 is 0 Å². The third kappa shape index (κ3) is 5.62. The number of carbonyl (C=O) groups is 1. The van der Waals surface area contributed by atoms with Crippen molar-refractivity contribution in [3.63, 3.8) is 0 Å². The van der Waals surface area contributed by atoms with Gasteiger partial charge in [-0.3, -0.25) is 4.79 Å². The Hall–Kier alpha value is -2.30. The molecular formula is C20H28N4O. The van der Waals surface area contributed by atoms with Gasteiger partial charge in [0, 0.05) is 25.7 Å². The number of guanidine groups is 1. The number of likely N-dealkylation sites (tertiary alicyclic amines) is 1. The minimum absolute atomic E-state index is 0.0274. The number of benzene rings is 1. The lowest BCUT2D eigenvalue weighted by Gasteiger charge is -2.31. The van der Waals surface area contributed by atoms with Crippen LogP contribution in [-0.2, 0) is 4.79 Å². The second-order valence-corrected chi connectivity index (χ2v) is 6.71. The molecule has 134 valence electrons. The van der Waals surface area contributed by atoms with Crippen molar-refractivity contribution in [2.45, 2.75) is 38.6 Å². The Morgan fingerprint density at radius 3 is 2.60 bits per heavy atom. The van der Waals surface area contributed by atoms with E-state index in [2.05, 4.69) is 57.8 Å². The van der Waals surface area contributed by atoms with E-state index in [4.69, 9.17) is 0 Å². The van der Waals surface area contributed by atoms with Gasteiger partial charge in [0.1, 0.15) is 6.54 Å². The van der Waals surface area contributed by atoms with Gasteiger partial charge in [-0.2, -0.15) is 0 Å². The summed E-state index contributed by atoms with van der Waals surface area (Å²) in [5.74, 6) is 0.881. The molecule has 1 aromatic rings. The number of piperidine rings is 1. The van der Waals surface area contributed by atoms with Gasteiger partial charge in [-0.1, -0.05) is 42.0 Å². The molecule has 1 aromatic carbocycles. The van der Waals surface area contributed by atoms with Gasteiger partial charge in [-0.25, -0.2) is 4.99 Å². The third-order valence-corrected chi connectivity index (χ3v) is 4.53. The van der Waals surface area contributed by atoms with Gasteiger partial charge in [0.05, 0.1) is 0 Å². The van der Waals surface area contributed by atoms with E-state index in [0.29, 0.717) is 6.04 Å². The van der Waals surface area contributed by atoms with Crippen LogP contribution in [0.1, 0.15) is 38.2 Å². The van der Waals surface area contributed by atoms with Crippen molar-refractivity contribution < 1.29 is 4.79 Å². The molecule has 1 aliphatic heterocycles. The van der Waals surface area contributed by atoms with Crippen LogP contribution in [0.3, 0.4) is 0 Å². The van der Waals surface area contributed by atoms with Crippen molar-refractivity contribution in [2.75, 3.05) is 26.2 Å². The molecule has 0 atom stereocenters. The summed E-state index contributed by atoms with van der Waals surface area (Å²) in [6.07, 6.45) is 6.59. The second-order valence-electron chi connectivity index (χ2n) is 6.71. The Morgan fingerprint density at radius 1 is 1.24 bits per heavy atom. The predicted molar refractivity (Wildman–Crippen MR) is 102 cm³/mol. The molecule has 1 amide bonds. The molecule has 2 fully saturated rings. The van der Waals surface area contributed by atoms with Gasteiger partial charge < -0.3 is 15.5 Å². The summed E-state index contributed by atoms with van der Waals surface area (Å²) in [5.41, 5.74) is 2.74. The third-order valence-electron chi connectivity index (χ3n) is 4.53. The Morgan fingerprint density at radius 2 is 1.96 bits per heavy atom. The molecule has 0 spiro atoms. The smallest absolute Gasteiger partial charge is 0.242 e. The van der Waals surface area contributed by atoms with Gasteiger partial charge in [0.15, 0.2) is 5.96 Å². The summed E-state index contributed by atoms with van der Waals surface area (Å²) in [4.78, 5) is 18.7. The lowest BCUT2D eigenvalue weighted by Crippen LogP contribution is -2.45. The number of carbonyl (C=O) groups excluding carboxylic acids is 1. The lowest BCUT2D eigenvalue weighted by molar-refractivity contribution is -0.119. The summed E-state index contributed by atoms with van der Waals surface area (Å²) < 4.78 is 0. The molecule has 0 aromatic heterocycles. The van der Waals surface area contributed by atoms with E-state index in [-0.39, 0.29) is 12.5 Å². The van der Waals surface area contributed by atoms with Crippen molar-refractivity contribution in [1.82, 2.24) is 15.5 Å². The number of amides is 1. The van der Waals surface area contributed by atoms with Crippen LogP contribution in [0.2, 0.25) is 0 Å². The maximum absolute atomic E-state index is 11.9. The summed E-state index contributed by atoms with van der Waals surface area (Å²) in [6.45, 7) is 4.96. The summed E-state index contributed by atoms with van der Waals surface area (Å²) in [7, 11) is 0. The van der Waals surface area contributed by atoms with E-state index >= 15 is 0 Å². The van der Waals surface area contributed by atoms with Crippen molar-refractivity contribution in [2.24, 2.45) is 4.99 Å². The largest absolute Gasteiger partial charge is 0.357 e. The van der Waals surface area contributed by atoms with E-state index < -0.39 is 0 Å². The van der Waals surface area contributed by atoms with Crippen LogP contribution in [0.25, 0.3) is 6.08 Å². The number of rotatable bonds is 5. The Bertz CT molecular complexity index is 624. The fraction of sp³-hybridized carbons (Fsp3) is 0.500. The highest BCUT2D eigenvalue weighted by molar-refractivity contribution is 5.85. The maximum Gasteiger partial charge on any atom is 0.242 e. The van der Waals surface area contributed by atoms with E-state index in [9.17, 15) is 4.79 Å². The molecule has 1 aliphatic carbocycles. The van der Waals surface area contributed by atoms with E-state index in [1.54, 1.807) is 0 Å². The van der Waals surface area contributed by atoms with Gasteiger partial charge in [-0.05, 0) is 38.2 Å². The number of nitrogens with one attached hydrogen (secondary N) is 2. The highest BCUT2D eigenvalue weighted by Gasteiger charge is 2.23. The van der Waals surface area contributed by atoms with Crippen LogP contribution in [0.15, 0.2) is 40.9 Å². The fourth-order valence-corrected chi connectivity index (χ4v) is 3.01. The monoisotopic (exact) mass is 340 g/mol. The molecule has 2 N–H and O–H groups in total. The van der Waals surface area contributed by atoms with Gasteiger partial charge in [-0.15, -0.1) is 0 Å². The van der Waals surface area contributed by atoms with Crippen LogP contribution in [-0.4, -0.2) is 49.0 Å². The number of nitrogens with zero attached hydrogens (tertiary/aromatic N) is 2. The van der Waals surface area contributed by atoms with Crippen molar-refractivity contribution in [3.8, 4) is 0 Å². The molecule has 0 bridgehead atoms.